The second-order valence-electron chi connectivity index (χ2n) is 4.93. The molecule has 6 nitrogen and oxygen atoms in total. The van der Waals surface area contributed by atoms with Gasteiger partial charge in [0.15, 0.2) is 12.1 Å². The topological polar surface area (TPSA) is 104 Å². The summed E-state index contributed by atoms with van der Waals surface area (Å²) in [6.45, 7) is 0. The van der Waals surface area contributed by atoms with Crippen molar-refractivity contribution in [2.75, 3.05) is 0 Å². The third-order valence-electron chi connectivity index (χ3n) is 3.23. The lowest BCUT2D eigenvalue weighted by molar-refractivity contribution is -0.185. The molecule has 0 aliphatic heterocycles. The number of aliphatic hydroxyl groups is 1. The fourth-order valence-electron chi connectivity index (χ4n) is 2.02. The summed E-state index contributed by atoms with van der Waals surface area (Å²) in [4.78, 5) is 10.1. The van der Waals surface area contributed by atoms with Crippen LogP contribution < -0.4 is 4.72 Å². The highest BCUT2D eigenvalue weighted by molar-refractivity contribution is 7.89. The number of rotatable bonds is 5. The molecule has 0 fully saturated rings. The second kappa shape index (κ2) is 6.38. The normalized spacial score (nSPS) is 15.2. The summed E-state index contributed by atoms with van der Waals surface area (Å²) < 4.78 is 64.1. The van der Waals surface area contributed by atoms with E-state index in [-0.39, 0.29) is 0 Å². The molecule has 3 N–H and O–H groups in total. The average molecular weight is 363 g/mol. The molecule has 0 aromatic heterocycles. The van der Waals surface area contributed by atoms with E-state index >= 15 is 0 Å². The van der Waals surface area contributed by atoms with Crippen LogP contribution in [-0.4, -0.2) is 42.9 Å². The fraction of sp³-hybridized carbons (Fsp3) is 0.214. The van der Waals surface area contributed by atoms with Gasteiger partial charge in [-0.25, -0.2) is 13.2 Å². The summed E-state index contributed by atoms with van der Waals surface area (Å²) in [5.74, 6) is -2.20. The molecule has 0 unspecified atom stereocenters. The summed E-state index contributed by atoms with van der Waals surface area (Å²) in [5, 5.41) is 18.8. The molecule has 0 radical (unpaired) electrons. The Bertz CT molecular complexity index is 866. The zero-order chi connectivity index (χ0) is 18.1. The lowest BCUT2D eigenvalue weighted by atomic mass is 10.1. The van der Waals surface area contributed by atoms with Crippen molar-refractivity contribution in [3.63, 3.8) is 0 Å². The van der Waals surface area contributed by atoms with Crippen molar-refractivity contribution in [2.45, 2.75) is 23.2 Å². The average Bonchev–Trinajstić information content (AvgIpc) is 2.50. The number of halogens is 3. The highest BCUT2D eigenvalue weighted by Gasteiger charge is 2.49. The third kappa shape index (κ3) is 3.83. The molecule has 0 heterocycles. The Morgan fingerprint density at radius 1 is 1.08 bits per heavy atom. The van der Waals surface area contributed by atoms with E-state index in [0.29, 0.717) is 10.8 Å². The summed E-state index contributed by atoms with van der Waals surface area (Å²) in [6, 6.07) is 7.06. The van der Waals surface area contributed by atoms with Gasteiger partial charge in [0.1, 0.15) is 0 Å². The van der Waals surface area contributed by atoms with E-state index in [1.807, 2.05) is 0 Å². The number of carboxylic acid groups (broad SMARTS) is 1. The quantitative estimate of drug-likeness (QED) is 0.747. The van der Waals surface area contributed by atoms with Crippen LogP contribution in [0.4, 0.5) is 13.2 Å². The number of benzene rings is 2. The number of sulfonamides is 1. The zero-order valence-corrected chi connectivity index (χ0v) is 12.7. The van der Waals surface area contributed by atoms with Gasteiger partial charge in [-0.05, 0) is 22.9 Å². The van der Waals surface area contributed by atoms with Gasteiger partial charge in [0.25, 0.3) is 0 Å². The number of fused-ring (bicyclic) bond motifs is 1. The lowest BCUT2D eigenvalue weighted by Gasteiger charge is -2.23. The van der Waals surface area contributed by atoms with Gasteiger partial charge in [0, 0.05) is 0 Å². The van der Waals surface area contributed by atoms with Gasteiger partial charge in [-0.2, -0.15) is 17.9 Å². The Morgan fingerprint density at radius 2 is 1.67 bits per heavy atom. The van der Waals surface area contributed by atoms with Gasteiger partial charge < -0.3 is 10.2 Å². The predicted molar refractivity (Wildman–Crippen MR) is 77.8 cm³/mol. The first kappa shape index (κ1) is 18.2. The van der Waals surface area contributed by atoms with Crippen molar-refractivity contribution < 1.29 is 36.6 Å². The molecule has 2 aromatic rings. The first-order chi connectivity index (χ1) is 11.0. The monoisotopic (exact) mass is 363 g/mol. The first-order valence-electron chi connectivity index (χ1n) is 6.51. The fourth-order valence-corrected chi connectivity index (χ4v) is 3.28. The summed E-state index contributed by atoms with van der Waals surface area (Å²) >= 11 is 0. The van der Waals surface area contributed by atoms with Crippen molar-refractivity contribution in [1.82, 2.24) is 4.72 Å². The number of hydrogen-bond acceptors (Lipinski definition) is 4. The summed E-state index contributed by atoms with van der Waals surface area (Å²) in [6.07, 6.45) is -8.26. The number of carbonyl (C=O) groups is 1. The largest absolute Gasteiger partial charge is 0.479 e. The number of carboxylic acids is 1. The second-order valence-corrected chi connectivity index (χ2v) is 6.65. The number of alkyl halides is 3. The SMILES string of the molecule is O=C(O)[C@H](O)[C@H](NS(=O)(=O)c1ccc2ccccc2c1)C(F)(F)F. The Kier molecular flexibility index (Phi) is 4.83. The molecule has 0 bridgehead atoms. The van der Waals surface area contributed by atoms with E-state index in [1.165, 1.54) is 10.8 Å². The molecule has 0 saturated carbocycles. The van der Waals surface area contributed by atoms with Crippen molar-refractivity contribution in [2.24, 2.45) is 0 Å². The molecule has 0 spiro atoms. The molecule has 0 aliphatic rings. The maximum Gasteiger partial charge on any atom is 0.408 e. The van der Waals surface area contributed by atoms with E-state index < -0.39 is 39.2 Å². The Hall–Kier alpha value is -2.17. The molecular weight excluding hydrogens is 351 g/mol. The zero-order valence-electron chi connectivity index (χ0n) is 11.9. The standard InChI is InChI=1S/C14H12F3NO5S/c15-14(16,17)12(11(19)13(20)21)18-24(22,23)10-6-5-8-3-1-2-4-9(8)7-10/h1-7,11-12,18-19H,(H,20,21)/t11-,12+/m1/s1. The van der Waals surface area contributed by atoms with E-state index in [0.717, 1.165) is 12.1 Å². The molecule has 2 aromatic carbocycles. The van der Waals surface area contributed by atoms with Gasteiger partial charge in [-0.15, -0.1) is 0 Å². The highest BCUT2D eigenvalue weighted by Crippen LogP contribution is 2.26. The van der Waals surface area contributed by atoms with Gasteiger partial charge in [-0.3, -0.25) is 0 Å². The minimum absolute atomic E-state index is 0.475. The van der Waals surface area contributed by atoms with Crippen LogP contribution in [0.1, 0.15) is 0 Å². The van der Waals surface area contributed by atoms with Crippen LogP contribution in [0.5, 0.6) is 0 Å². The van der Waals surface area contributed by atoms with Crippen LogP contribution in [0.25, 0.3) is 10.8 Å². The van der Waals surface area contributed by atoms with Gasteiger partial charge in [0.05, 0.1) is 4.90 Å². The molecule has 2 atom stereocenters. The number of aliphatic hydroxyl groups excluding tert-OH is 1. The maximum atomic E-state index is 12.9. The number of nitrogens with one attached hydrogen (secondary N) is 1. The minimum Gasteiger partial charge on any atom is -0.479 e. The predicted octanol–water partition coefficient (Wildman–Crippen LogP) is 1.49. The Balaban J connectivity index is 2.41. The van der Waals surface area contributed by atoms with E-state index in [2.05, 4.69) is 0 Å². The van der Waals surface area contributed by atoms with Crippen LogP contribution in [0.15, 0.2) is 47.4 Å². The highest BCUT2D eigenvalue weighted by atomic mass is 32.2. The minimum atomic E-state index is -5.29. The molecule has 10 heteroatoms. The van der Waals surface area contributed by atoms with E-state index in [4.69, 9.17) is 10.2 Å². The summed E-state index contributed by atoms with van der Waals surface area (Å²) in [7, 11) is -4.71. The molecule has 2 rings (SSSR count). The molecule has 0 aliphatic carbocycles. The Labute approximate surface area is 134 Å². The van der Waals surface area contributed by atoms with Gasteiger partial charge in [-0.1, -0.05) is 30.3 Å². The van der Waals surface area contributed by atoms with Crippen LogP contribution in [0, 0.1) is 0 Å². The Morgan fingerprint density at radius 3 is 2.21 bits per heavy atom. The van der Waals surface area contributed by atoms with E-state index in [1.54, 1.807) is 24.3 Å². The van der Waals surface area contributed by atoms with Gasteiger partial charge >= 0.3 is 12.1 Å². The maximum absolute atomic E-state index is 12.9. The van der Waals surface area contributed by atoms with Crippen LogP contribution in [-0.2, 0) is 14.8 Å². The molecule has 0 amide bonds. The van der Waals surface area contributed by atoms with Crippen LogP contribution in [0.2, 0.25) is 0 Å². The van der Waals surface area contributed by atoms with Gasteiger partial charge in [0.2, 0.25) is 10.0 Å². The van der Waals surface area contributed by atoms with Crippen molar-refractivity contribution >= 4 is 26.8 Å². The first-order valence-corrected chi connectivity index (χ1v) is 7.99. The number of hydrogen-bond donors (Lipinski definition) is 3. The van der Waals surface area contributed by atoms with Crippen molar-refractivity contribution in [1.29, 1.82) is 0 Å². The smallest absolute Gasteiger partial charge is 0.408 e. The number of aliphatic carboxylic acids is 1. The molecule has 130 valence electrons. The van der Waals surface area contributed by atoms with Crippen molar-refractivity contribution in [3.8, 4) is 0 Å². The molecule has 24 heavy (non-hydrogen) atoms. The third-order valence-corrected chi connectivity index (χ3v) is 4.67. The van der Waals surface area contributed by atoms with E-state index in [9.17, 15) is 26.4 Å². The van der Waals surface area contributed by atoms with Crippen LogP contribution >= 0.6 is 0 Å². The molecule has 0 saturated heterocycles. The summed E-state index contributed by atoms with van der Waals surface area (Å²) in [5.41, 5.74) is 0. The lowest BCUT2D eigenvalue weighted by Crippen LogP contribution is -2.55. The van der Waals surface area contributed by atoms with Crippen molar-refractivity contribution in [3.05, 3.63) is 42.5 Å². The van der Waals surface area contributed by atoms with Crippen LogP contribution in [0.3, 0.4) is 0 Å². The molecular formula is C14H12F3NO5S.